The van der Waals surface area contributed by atoms with Crippen LogP contribution in [0.3, 0.4) is 0 Å². The minimum Gasteiger partial charge on any atom is -0.495 e. The number of nitrogens with zero attached hydrogens (tertiary/aromatic N) is 2. The minimum absolute atomic E-state index is 0.0164. The fraction of sp³-hybridized carbons (Fsp3) is 0.200. The van der Waals surface area contributed by atoms with Crippen LogP contribution in [0.1, 0.15) is 11.1 Å². The van der Waals surface area contributed by atoms with Crippen molar-refractivity contribution in [1.29, 1.82) is 0 Å². The number of hydrogen-bond donors (Lipinski definition) is 3. The zero-order valence-electron chi connectivity index (χ0n) is 12.5. The van der Waals surface area contributed by atoms with Crippen LogP contribution in [0.2, 0.25) is 0 Å². The van der Waals surface area contributed by atoms with Crippen LogP contribution < -0.4 is 10.5 Å². The second kappa shape index (κ2) is 8.20. The van der Waals surface area contributed by atoms with E-state index in [9.17, 15) is 0 Å². The number of benzene rings is 2. The summed E-state index contributed by atoms with van der Waals surface area (Å²) in [5.41, 5.74) is 8.65. The highest BCUT2D eigenvalue weighted by molar-refractivity contribution is 5.59. The molecule has 0 aromatic heterocycles. The van der Waals surface area contributed by atoms with Gasteiger partial charge in [0.25, 0.3) is 0 Å². The van der Waals surface area contributed by atoms with Gasteiger partial charge in [-0.05, 0) is 35.4 Å². The lowest BCUT2D eigenvalue weighted by molar-refractivity contribution is -0.254. The van der Waals surface area contributed by atoms with Crippen molar-refractivity contribution in [1.82, 2.24) is 0 Å². The molecule has 8 nitrogen and oxygen atoms in total. The highest BCUT2D eigenvalue weighted by Crippen LogP contribution is 2.28. The van der Waals surface area contributed by atoms with Crippen molar-refractivity contribution in [2.45, 2.75) is 13.2 Å². The van der Waals surface area contributed by atoms with Gasteiger partial charge in [-0.15, -0.1) is 0 Å². The first-order chi connectivity index (χ1) is 11.2. The van der Waals surface area contributed by atoms with E-state index >= 15 is 0 Å². The second-order valence-electron chi connectivity index (χ2n) is 4.68. The molecule has 0 radical (unpaired) electrons. The largest absolute Gasteiger partial charge is 0.495 e. The summed E-state index contributed by atoms with van der Waals surface area (Å²) in [7, 11) is 1.52. The van der Waals surface area contributed by atoms with Crippen molar-refractivity contribution in [3.05, 3.63) is 47.5 Å². The monoisotopic (exact) mass is 319 g/mol. The van der Waals surface area contributed by atoms with Gasteiger partial charge in [-0.25, -0.2) is 9.78 Å². The zero-order chi connectivity index (χ0) is 16.7. The number of azo groups is 1. The summed E-state index contributed by atoms with van der Waals surface area (Å²) in [6.45, 7) is -0.0328. The lowest BCUT2D eigenvalue weighted by atomic mass is 10.1. The van der Waals surface area contributed by atoms with E-state index < -0.39 is 0 Å². The molecule has 2 aromatic rings. The molecule has 0 bridgehead atoms. The van der Waals surface area contributed by atoms with E-state index in [0.29, 0.717) is 33.9 Å². The summed E-state index contributed by atoms with van der Waals surface area (Å²) < 4.78 is 5.12. The molecule has 8 heteroatoms. The van der Waals surface area contributed by atoms with Gasteiger partial charge in [-0.1, -0.05) is 6.07 Å². The van der Waals surface area contributed by atoms with Crippen molar-refractivity contribution in [3.8, 4) is 5.75 Å². The molecule has 23 heavy (non-hydrogen) atoms. The molecule has 0 atom stereocenters. The Morgan fingerprint density at radius 2 is 1.52 bits per heavy atom. The van der Waals surface area contributed by atoms with Gasteiger partial charge in [0.1, 0.15) is 19.0 Å². The Labute approximate surface area is 132 Å². The summed E-state index contributed by atoms with van der Waals surface area (Å²) in [6, 6.07) is 10.1. The number of hydrogen-bond acceptors (Lipinski definition) is 8. The van der Waals surface area contributed by atoms with Crippen molar-refractivity contribution in [2.75, 3.05) is 12.8 Å². The fourth-order valence-corrected chi connectivity index (χ4v) is 1.99. The van der Waals surface area contributed by atoms with E-state index in [1.165, 1.54) is 7.11 Å². The molecule has 2 aromatic carbocycles. The summed E-state index contributed by atoms with van der Waals surface area (Å²) in [6.07, 6.45) is 0. The molecule has 0 fully saturated rings. The van der Waals surface area contributed by atoms with E-state index in [1.54, 1.807) is 36.4 Å². The smallest absolute Gasteiger partial charge is 0.143 e. The molecule has 0 saturated carbocycles. The SMILES string of the molecule is COc1cc(N=Nc2cc(COO)cc(COO)c2)ccc1N. The lowest BCUT2D eigenvalue weighted by Crippen LogP contribution is -1.93. The van der Waals surface area contributed by atoms with Gasteiger partial charge in [0.15, 0.2) is 0 Å². The van der Waals surface area contributed by atoms with E-state index in [-0.39, 0.29) is 13.2 Å². The van der Waals surface area contributed by atoms with Crippen LogP contribution in [0.15, 0.2) is 46.6 Å². The van der Waals surface area contributed by atoms with E-state index in [2.05, 4.69) is 20.0 Å². The molecular weight excluding hydrogens is 302 g/mol. The zero-order valence-corrected chi connectivity index (χ0v) is 12.5. The molecule has 122 valence electrons. The summed E-state index contributed by atoms with van der Waals surface area (Å²) in [5.74, 6) is 0.512. The number of nitrogen functional groups attached to an aromatic ring is 1. The van der Waals surface area contributed by atoms with Crippen molar-refractivity contribution in [3.63, 3.8) is 0 Å². The topological polar surface area (TPSA) is 119 Å². The van der Waals surface area contributed by atoms with Gasteiger partial charge in [-0.2, -0.15) is 10.2 Å². The Morgan fingerprint density at radius 1 is 0.913 bits per heavy atom. The Bertz CT molecular complexity index is 667. The van der Waals surface area contributed by atoms with E-state index in [4.69, 9.17) is 21.0 Å². The highest BCUT2D eigenvalue weighted by atomic mass is 17.1. The van der Waals surface area contributed by atoms with Crippen LogP contribution >= 0.6 is 0 Å². The number of rotatable bonds is 7. The molecular formula is C15H17N3O5. The Hall–Kier alpha value is -2.52. The number of ether oxygens (including phenoxy) is 1. The summed E-state index contributed by atoms with van der Waals surface area (Å²) in [5, 5.41) is 25.4. The average molecular weight is 319 g/mol. The van der Waals surface area contributed by atoms with Crippen molar-refractivity contribution in [2.24, 2.45) is 10.2 Å². The predicted octanol–water partition coefficient (Wildman–Crippen LogP) is 3.67. The molecule has 0 spiro atoms. The Morgan fingerprint density at radius 3 is 2.09 bits per heavy atom. The highest BCUT2D eigenvalue weighted by Gasteiger charge is 2.03. The number of methoxy groups -OCH3 is 1. The molecule has 0 aliphatic carbocycles. The third-order valence-electron chi connectivity index (χ3n) is 3.00. The van der Waals surface area contributed by atoms with Gasteiger partial charge in [-0.3, -0.25) is 10.5 Å². The molecule has 0 aliphatic heterocycles. The average Bonchev–Trinajstić information content (AvgIpc) is 2.54. The predicted molar refractivity (Wildman–Crippen MR) is 82.9 cm³/mol. The molecule has 0 aliphatic rings. The van der Waals surface area contributed by atoms with Crippen molar-refractivity contribution < 1.29 is 25.0 Å². The van der Waals surface area contributed by atoms with Gasteiger partial charge < -0.3 is 10.5 Å². The van der Waals surface area contributed by atoms with Crippen LogP contribution in [0.25, 0.3) is 0 Å². The summed E-state index contributed by atoms with van der Waals surface area (Å²) >= 11 is 0. The van der Waals surface area contributed by atoms with Crippen LogP contribution in [-0.4, -0.2) is 17.6 Å². The Balaban J connectivity index is 2.27. The quantitative estimate of drug-likeness (QED) is 0.310. The number of nitrogens with two attached hydrogens (primary N) is 1. The molecule has 0 saturated heterocycles. The second-order valence-corrected chi connectivity index (χ2v) is 4.68. The third kappa shape index (κ3) is 4.73. The van der Waals surface area contributed by atoms with Crippen molar-refractivity contribution >= 4 is 17.1 Å². The molecule has 0 amide bonds. The Kier molecular flexibility index (Phi) is 6.01. The molecule has 2 rings (SSSR count). The van der Waals surface area contributed by atoms with Gasteiger partial charge >= 0.3 is 0 Å². The maximum atomic E-state index is 8.56. The maximum absolute atomic E-state index is 8.56. The van der Waals surface area contributed by atoms with Crippen LogP contribution in [0.4, 0.5) is 17.1 Å². The molecule has 0 heterocycles. The number of anilines is 1. The first kappa shape index (κ1) is 16.8. The normalized spacial score (nSPS) is 11.1. The van der Waals surface area contributed by atoms with Gasteiger partial charge in [0.2, 0.25) is 0 Å². The first-order valence-corrected chi connectivity index (χ1v) is 6.67. The standard InChI is InChI=1S/C15H17N3O5/c1-21-15-7-12(2-3-14(15)16)17-18-13-5-10(8-22-19)4-11(6-13)9-23-20/h2-7,19-20H,8-9,16H2,1H3. The first-order valence-electron chi connectivity index (χ1n) is 6.67. The van der Waals surface area contributed by atoms with Gasteiger partial charge in [0.05, 0.1) is 24.2 Å². The third-order valence-corrected chi connectivity index (χ3v) is 3.00. The lowest BCUT2D eigenvalue weighted by Gasteiger charge is -2.05. The van der Waals surface area contributed by atoms with E-state index in [0.717, 1.165) is 0 Å². The van der Waals surface area contributed by atoms with E-state index in [1.807, 2.05) is 0 Å². The molecule has 4 N–H and O–H groups in total. The fourth-order valence-electron chi connectivity index (χ4n) is 1.99. The summed E-state index contributed by atoms with van der Waals surface area (Å²) in [4.78, 5) is 8.23. The van der Waals surface area contributed by atoms with Crippen LogP contribution in [-0.2, 0) is 23.0 Å². The maximum Gasteiger partial charge on any atom is 0.143 e. The van der Waals surface area contributed by atoms with Crippen LogP contribution in [0, 0.1) is 0 Å². The molecule has 0 unspecified atom stereocenters. The minimum atomic E-state index is -0.0164. The van der Waals surface area contributed by atoms with Gasteiger partial charge in [0, 0.05) is 6.07 Å². The van der Waals surface area contributed by atoms with Crippen LogP contribution in [0.5, 0.6) is 5.75 Å².